The number of halogens is 2. The highest BCUT2D eigenvalue weighted by Crippen LogP contribution is 2.21. The maximum Gasteiger partial charge on any atom is 0.194 e. The Morgan fingerprint density at radius 3 is 2.65 bits per heavy atom. The summed E-state index contributed by atoms with van der Waals surface area (Å²) in [6.07, 6.45) is 3.29. The van der Waals surface area contributed by atoms with Crippen molar-refractivity contribution >= 4 is 40.0 Å². The molecule has 0 unspecified atom stereocenters. The summed E-state index contributed by atoms with van der Waals surface area (Å²) in [4.78, 5) is 16.2. The van der Waals surface area contributed by atoms with E-state index in [1.165, 1.54) is 0 Å². The first-order valence-electron chi connectivity index (χ1n) is 4.99. The number of aromatic nitrogens is 1. The molecule has 0 aliphatic carbocycles. The van der Waals surface area contributed by atoms with Crippen LogP contribution in [0.15, 0.2) is 36.7 Å². The van der Waals surface area contributed by atoms with Crippen LogP contribution in [0, 0.1) is 10.5 Å². The first-order chi connectivity index (χ1) is 8.08. The first-order valence-corrected chi connectivity index (χ1v) is 6.45. The number of aryl methyl sites for hydroxylation is 1. The highest BCUT2D eigenvalue weighted by Gasteiger charge is 2.11. The molecule has 0 radical (unpaired) electrons. The normalized spacial score (nSPS) is 10.3. The lowest BCUT2D eigenvalue weighted by molar-refractivity contribution is 0.103. The van der Waals surface area contributed by atoms with Gasteiger partial charge in [-0.3, -0.25) is 9.78 Å². The molecule has 2 nitrogen and oxygen atoms in total. The van der Waals surface area contributed by atoms with E-state index in [1.54, 1.807) is 24.5 Å². The molecule has 0 fully saturated rings. The largest absolute Gasteiger partial charge is 0.289 e. The summed E-state index contributed by atoms with van der Waals surface area (Å²) in [5.74, 6) is -0.0560. The van der Waals surface area contributed by atoms with E-state index in [0.717, 1.165) is 9.13 Å². The van der Waals surface area contributed by atoms with E-state index in [0.29, 0.717) is 16.1 Å². The predicted molar refractivity (Wildman–Crippen MR) is 76.6 cm³/mol. The number of benzene rings is 1. The van der Waals surface area contributed by atoms with Gasteiger partial charge in [0.1, 0.15) is 0 Å². The zero-order valence-electron chi connectivity index (χ0n) is 9.08. The summed E-state index contributed by atoms with van der Waals surface area (Å²) < 4.78 is 0.934. The number of rotatable bonds is 2. The molecular weight excluding hydrogens is 349 g/mol. The molecule has 0 amide bonds. The number of carbonyl (C=O) groups is 1. The van der Waals surface area contributed by atoms with Gasteiger partial charge >= 0.3 is 0 Å². The van der Waals surface area contributed by atoms with Gasteiger partial charge in [0.2, 0.25) is 0 Å². The van der Waals surface area contributed by atoms with E-state index >= 15 is 0 Å². The molecule has 4 heteroatoms. The Hall–Kier alpha value is -0.940. The van der Waals surface area contributed by atoms with Crippen LogP contribution < -0.4 is 0 Å². The van der Waals surface area contributed by atoms with Crippen molar-refractivity contribution in [3.63, 3.8) is 0 Å². The molecule has 0 saturated carbocycles. The predicted octanol–water partition coefficient (Wildman–Crippen LogP) is 3.88. The van der Waals surface area contributed by atoms with Crippen molar-refractivity contribution in [3.8, 4) is 0 Å². The number of hydrogen-bond acceptors (Lipinski definition) is 2. The second kappa shape index (κ2) is 5.14. The van der Waals surface area contributed by atoms with Gasteiger partial charge in [0, 0.05) is 27.1 Å². The Balaban J connectivity index is 2.40. The van der Waals surface area contributed by atoms with Crippen LogP contribution in [-0.2, 0) is 0 Å². The number of hydrogen-bond donors (Lipinski definition) is 0. The average Bonchev–Trinajstić information content (AvgIpc) is 2.32. The molecule has 0 saturated heterocycles. The summed E-state index contributed by atoms with van der Waals surface area (Å²) in [7, 11) is 0. The molecule has 0 bridgehead atoms. The highest BCUT2D eigenvalue weighted by atomic mass is 127. The number of nitrogens with zero attached hydrogens (tertiary/aromatic N) is 1. The summed E-state index contributed by atoms with van der Waals surface area (Å²) in [5.41, 5.74) is 2.14. The molecule has 17 heavy (non-hydrogen) atoms. The van der Waals surface area contributed by atoms with E-state index in [1.807, 2.05) is 19.1 Å². The average molecular weight is 358 g/mol. The fourth-order valence-electron chi connectivity index (χ4n) is 1.48. The molecule has 0 aliphatic heterocycles. The van der Waals surface area contributed by atoms with Gasteiger partial charge in [0.15, 0.2) is 5.78 Å². The van der Waals surface area contributed by atoms with E-state index in [-0.39, 0.29) is 5.78 Å². The van der Waals surface area contributed by atoms with Gasteiger partial charge in [-0.25, -0.2) is 0 Å². The van der Waals surface area contributed by atoms with Gasteiger partial charge in [-0.15, -0.1) is 0 Å². The SMILES string of the molecule is Cc1cncc(C(=O)c2ccc(I)c(Cl)c2)c1. The topological polar surface area (TPSA) is 30.0 Å². The Bertz CT molecular complexity index is 583. The van der Waals surface area contributed by atoms with Crippen molar-refractivity contribution < 1.29 is 4.79 Å². The Morgan fingerprint density at radius 1 is 1.24 bits per heavy atom. The second-order valence-electron chi connectivity index (χ2n) is 3.71. The Morgan fingerprint density at radius 2 is 2.00 bits per heavy atom. The maximum atomic E-state index is 12.2. The summed E-state index contributed by atoms with van der Waals surface area (Å²) in [6.45, 7) is 1.91. The zero-order valence-corrected chi connectivity index (χ0v) is 12.0. The molecule has 2 rings (SSSR count). The van der Waals surface area contributed by atoms with Crippen molar-refractivity contribution in [1.82, 2.24) is 4.98 Å². The molecule has 1 heterocycles. The van der Waals surface area contributed by atoms with E-state index < -0.39 is 0 Å². The van der Waals surface area contributed by atoms with Crippen LogP contribution in [-0.4, -0.2) is 10.8 Å². The lowest BCUT2D eigenvalue weighted by Gasteiger charge is -2.03. The van der Waals surface area contributed by atoms with E-state index in [2.05, 4.69) is 27.6 Å². The van der Waals surface area contributed by atoms with Gasteiger partial charge in [-0.2, -0.15) is 0 Å². The standard InChI is InChI=1S/C13H9ClINO/c1-8-4-10(7-16-6-8)13(17)9-2-3-12(15)11(14)5-9/h2-7H,1H3. The van der Waals surface area contributed by atoms with E-state index in [4.69, 9.17) is 11.6 Å². The van der Waals surface area contributed by atoms with E-state index in [9.17, 15) is 4.79 Å². The molecule has 0 spiro atoms. The van der Waals surface area contributed by atoms with Gasteiger partial charge in [0.25, 0.3) is 0 Å². The third kappa shape index (κ3) is 2.84. The molecule has 2 aromatic rings. The van der Waals surface area contributed by atoms with Crippen LogP contribution >= 0.6 is 34.2 Å². The van der Waals surface area contributed by atoms with Gasteiger partial charge in [-0.1, -0.05) is 11.6 Å². The zero-order chi connectivity index (χ0) is 12.4. The molecule has 0 N–H and O–H groups in total. The minimum Gasteiger partial charge on any atom is -0.289 e. The smallest absolute Gasteiger partial charge is 0.194 e. The van der Waals surface area contributed by atoms with Gasteiger partial charge in [0.05, 0.1) is 5.02 Å². The highest BCUT2D eigenvalue weighted by molar-refractivity contribution is 14.1. The summed E-state index contributed by atoms with van der Waals surface area (Å²) >= 11 is 8.13. The molecule has 86 valence electrons. The number of carbonyl (C=O) groups excluding carboxylic acids is 1. The summed E-state index contributed by atoms with van der Waals surface area (Å²) in [6, 6.07) is 7.12. The van der Waals surface area contributed by atoms with Crippen LogP contribution in [0.25, 0.3) is 0 Å². The van der Waals surface area contributed by atoms with Crippen molar-refractivity contribution in [1.29, 1.82) is 0 Å². The van der Waals surface area contributed by atoms with Crippen LogP contribution in [0.1, 0.15) is 21.5 Å². The van der Waals surface area contributed by atoms with Gasteiger partial charge < -0.3 is 0 Å². The van der Waals surface area contributed by atoms with Crippen LogP contribution in [0.3, 0.4) is 0 Å². The number of pyridine rings is 1. The van der Waals surface area contributed by atoms with Gasteiger partial charge in [-0.05, 0) is 59.3 Å². The summed E-state index contributed by atoms with van der Waals surface area (Å²) in [5, 5.41) is 0.595. The fraction of sp³-hybridized carbons (Fsp3) is 0.0769. The molecule has 0 atom stereocenters. The third-order valence-corrected chi connectivity index (χ3v) is 3.89. The molecule has 0 aliphatic rings. The Kier molecular flexibility index (Phi) is 3.79. The van der Waals surface area contributed by atoms with Crippen LogP contribution in [0.2, 0.25) is 5.02 Å². The van der Waals surface area contributed by atoms with Crippen LogP contribution in [0.4, 0.5) is 0 Å². The Labute approximate surface area is 118 Å². The fourth-order valence-corrected chi connectivity index (χ4v) is 2.00. The lowest BCUT2D eigenvalue weighted by atomic mass is 10.0. The minimum atomic E-state index is -0.0560. The number of ketones is 1. The molecule has 1 aromatic heterocycles. The quantitative estimate of drug-likeness (QED) is 0.603. The second-order valence-corrected chi connectivity index (χ2v) is 5.28. The van der Waals surface area contributed by atoms with Crippen molar-refractivity contribution in [2.75, 3.05) is 0 Å². The third-order valence-electron chi connectivity index (χ3n) is 2.32. The first kappa shape index (κ1) is 12.5. The van der Waals surface area contributed by atoms with Crippen molar-refractivity contribution in [3.05, 3.63) is 61.9 Å². The minimum absolute atomic E-state index is 0.0560. The van der Waals surface area contributed by atoms with Crippen molar-refractivity contribution in [2.45, 2.75) is 6.92 Å². The maximum absolute atomic E-state index is 12.2. The van der Waals surface area contributed by atoms with Crippen molar-refractivity contribution in [2.24, 2.45) is 0 Å². The van der Waals surface area contributed by atoms with Crippen LogP contribution in [0.5, 0.6) is 0 Å². The monoisotopic (exact) mass is 357 g/mol. The molecular formula is C13H9ClINO. The lowest BCUT2D eigenvalue weighted by Crippen LogP contribution is -2.02. The molecule has 1 aromatic carbocycles.